The molecule has 0 N–H and O–H groups in total. The van der Waals surface area contributed by atoms with Gasteiger partial charge < -0.3 is 4.74 Å². The first-order valence-electron chi connectivity index (χ1n) is 5.75. The fourth-order valence-corrected chi connectivity index (χ4v) is 1.68. The molecule has 5 heteroatoms. The van der Waals surface area contributed by atoms with E-state index >= 15 is 0 Å². The summed E-state index contributed by atoms with van der Waals surface area (Å²) in [7, 11) is 1.62. The van der Waals surface area contributed by atoms with E-state index in [4.69, 9.17) is 4.74 Å². The van der Waals surface area contributed by atoms with Crippen LogP contribution in [0.2, 0.25) is 0 Å². The molecule has 5 nitrogen and oxygen atoms in total. The minimum absolute atomic E-state index is 0.0160. The van der Waals surface area contributed by atoms with Crippen molar-refractivity contribution < 1.29 is 9.53 Å². The highest BCUT2D eigenvalue weighted by molar-refractivity contribution is 5.95. The second-order valence-corrected chi connectivity index (χ2v) is 3.85. The van der Waals surface area contributed by atoms with Crippen LogP contribution in [-0.2, 0) is 17.7 Å². The van der Waals surface area contributed by atoms with Crippen molar-refractivity contribution in [2.75, 3.05) is 13.7 Å². The Balaban J connectivity index is 2.07. The molecule has 94 valence electrons. The zero-order chi connectivity index (χ0) is 12.8. The fourth-order valence-electron chi connectivity index (χ4n) is 1.68. The van der Waals surface area contributed by atoms with Crippen molar-refractivity contribution in [2.24, 2.45) is 0 Å². The molecule has 0 aliphatic carbocycles. The van der Waals surface area contributed by atoms with Gasteiger partial charge in [0.15, 0.2) is 5.78 Å². The van der Waals surface area contributed by atoms with Crippen LogP contribution in [0.4, 0.5) is 0 Å². The third-order valence-electron chi connectivity index (χ3n) is 2.58. The summed E-state index contributed by atoms with van der Waals surface area (Å²) in [5.74, 6) is 0.0160. The predicted molar refractivity (Wildman–Crippen MR) is 66.4 cm³/mol. The number of ether oxygens (including phenoxy) is 1. The lowest BCUT2D eigenvalue weighted by Gasteiger charge is -2.05. The Labute approximate surface area is 105 Å². The number of carbonyl (C=O) groups is 1. The number of pyridine rings is 1. The van der Waals surface area contributed by atoms with Gasteiger partial charge in [0.2, 0.25) is 0 Å². The third-order valence-corrected chi connectivity index (χ3v) is 2.58. The lowest BCUT2D eigenvalue weighted by Crippen LogP contribution is -2.15. The molecule has 0 saturated carbocycles. The number of Topliss-reactive ketones (excluding diaryl/α,β-unsaturated/α-hetero) is 1. The number of hydrogen-bond donors (Lipinski definition) is 0. The molecule has 0 amide bonds. The van der Waals surface area contributed by atoms with Crippen molar-refractivity contribution in [3.63, 3.8) is 0 Å². The van der Waals surface area contributed by atoms with Crippen LogP contribution >= 0.6 is 0 Å². The Morgan fingerprint density at radius 2 is 2.22 bits per heavy atom. The SMILES string of the molecule is COCCn1nccc1C(=O)Cc1ccccn1. The van der Waals surface area contributed by atoms with Crippen molar-refractivity contribution in [1.29, 1.82) is 0 Å². The van der Waals surface area contributed by atoms with Crippen molar-refractivity contribution in [1.82, 2.24) is 14.8 Å². The Morgan fingerprint density at radius 1 is 1.33 bits per heavy atom. The van der Waals surface area contributed by atoms with Gasteiger partial charge in [-0.2, -0.15) is 5.10 Å². The van der Waals surface area contributed by atoms with Gasteiger partial charge in [-0.05, 0) is 18.2 Å². The number of carbonyl (C=O) groups excluding carboxylic acids is 1. The molecule has 2 aromatic heterocycles. The van der Waals surface area contributed by atoms with Crippen molar-refractivity contribution >= 4 is 5.78 Å². The molecule has 0 aliphatic rings. The normalized spacial score (nSPS) is 10.5. The van der Waals surface area contributed by atoms with Gasteiger partial charge in [0.1, 0.15) is 5.69 Å². The van der Waals surface area contributed by atoms with E-state index in [0.717, 1.165) is 5.69 Å². The zero-order valence-electron chi connectivity index (χ0n) is 10.2. The molecule has 0 bridgehead atoms. The van der Waals surface area contributed by atoms with Crippen LogP contribution in [0.3, 0.4) is 0 Å². The zero-order valence-corrected chi connectivity index (χ0v) is 10.2. The van der Waals surface area contributed by atoms with E-state index in [-0.39, 0.29) is 5.78 Å². The molecule has 0 radical (unpaired) electrons. The molecule has 2 rings (SSSR count). The summed E-state index contributed by atoms with van der Waals surface area (Å²) in [5, 5.41) is 4.11. The van der Waals surface area contributed by atoms with E-state index in [1.807, 2.05) is 18.2 Å². The van der Waals surface area contributed by atoms with Crippen LogP contribution < -0.4 is 0 Å². The van der Waals surface area contributed by atoms with E-state index in [1.54, 1.807) is 30.3 Å². The summed E-state index contributed by atoms with van der Waals surface area (Å²) >= 11 is 0. The van der Waals surface area contributed by atoms with Crippen LogP contribution in [0.15, 0.2) is 36.7 Å². The maximum atomic E-state index is 12.1. The topological polar surface area (TPSA) is 57.0 Å². The molecule has 0 unspecified atom stereocenters. The molecule has 0 atom stereocenters. The molecule has 2 heterocycles. The van der Waals surface area contributed by atoms with E-state index in [1.165, 1.54) is 0 Å². The first-order chi connectivity index (χ1) is 8.81. The monoisotopic (exact) mass is 245 g/mol. The van der Waals surface area contributed by atoms with Crippen LogP contribution in [-0.4, -0.2) is 34.3 Å². The van der Waals surface area contributed by atoms with Gasteiger partial charge in [0, 0.05) is 25.2 Å². The Hall–Kier alpha value is -2.01. The molecule has 0 aliphatic heterocycles. The number of ketones is 1. The van der Waals surface area contributed by atoms with Gasteiger partial charge in [-0.1, -0.05) is 6.07 Å². The number of hydrogen-bond acceptors (Lipinski definition) is 4. The summed E-state index contributed by atoms with van der Waals surface area (Å²) in [6.45, 7) is 1.11. The minimum Gasteiger partial charge on any atom is -0.383 e. The lowest BCUT2D eigenvalue weighted by atomic mass is 10.1. The molecule has 0 saturated heterocycles. The average molecular weight is 245 g/mol. The van der Waals surface area contributed by atoms with Gasteiger partial charge in [-0.25, -0.2) is 0 Å². The average Bonchev–Trinajstić information content (AvgIpc) is 2.86. The summed E-state index contributed by atoms with van der Waals surface area (Å²) in [6.07, 6.45) is 3.60. The number of rotatable bonds is 6. The number of methoxy groups -OCH3 is 1. The quantitative estimate of drug-likeness (QED) is 0.721. The highest BCUT2D eigenvalue weighted by atomic mass is 16.5. The van der Waals surface area contributed by atoms with E-state index < -0.39 is 0 Å². The minimum atomic E-state index is 0.0160. The maximum Gasteiger partial charge on any atom is 0.186 e. The van der Waals surface area contributed by atoms with Crippen LogP contribution in [0, 0.1) is 0 Å². The smallest absolute Gasteiger partial charge is 0.186 e. The molecular formula is C13H15N3O2. The summed E-state index contributed by atoms with van der Waals surface area (Å²) in [4.78, 5) is 16.3. The third kappa shape index (κ3) is 3.01. The van der Waals surface area contributed by atoms with Crippen molar-refractivity contribution in [3.8, 4) is 0 Å². The summed E-state index contributed by atoms with van der Waals surface area (Å²) in [6, 6.07) is 7.27. The van der Waals surface area contributed by atoms with Crippen LogP contribution in [0.1, 0.15) is 16.2 Å². The Kier molecular flexibility index (Phi) is 4.20. The Morgan fingerprint density at radius 3 is 2.94 bits per heavy atom. The van der Waals surface area contributed by atoms with Gasteiger partial charge in [0.05, 0.1) is 19.6 Å². The van der Waals surface area contributed by atoms with Crippen LogP contribution in [0.25, 0.3) is 0 Å². The first-order valence-corrected chi connectivity index (χ1v) is 5.75. The van der Waals surface area contributed by atoms with Crippen molar-refractivity contribution in [2.45, 2.75) is 13.0 Å². The fraction of sp³-hybridized carbons (Fsp3) is 0.308. The van der Waals surface area contributed by atoms with Gasteiger partial charge in [-0.3, -0.25) is 14.5 Å². The largest absolute Gasteiger partial charge is 0.383 e. The van der Waals surface area contributed by atoms with Gasteiger partial charge >= 0.3 is 0 Å². The predicted octanol–water partition coefficient (Wildman–Crippen LogP) is 1.35. The second kappa shape index (κ2) is 6.07. The molecule has 2 aromatic rings. The highest BCUT2D eigenvalue weighted by Crippen LogP contribution is 2.05. The number of aromatic nitrogens is 3. The standard InChI is InChI=1S/C13H15N3O2/c1-18-9-8-16-12(5-7-15-16)13(17)10-11-4-2-3-6-14-11/h2-7H,8-10H2,1H3. The summed E-state index contributed by atoms with van der Waals surface area (Å²) in [5.41, 5.74) is 1.36. The highest BCUT2D eigenvalue weighted by Gasteiger charge is 2.12. The Bertz CT molecular complexity index is 508. The molecule has 0 aromatic carbocycles. The molecule has 18 heavy (non-hydrogen) atoms. The molecule has 0 fully saturated rings. The summed E-state index contributed by atoms with van der Waals surface area (Å²) < 4.78 is 6.65. The molecular weight excluding hydrogens is 230 g/mol. The first kappa shape index (κ1) is 12.4. The molecule has 0 spiro atoms. The lowest BCUT2D eigenvalue weighted by molar-refractivity contribution is 0.0978. The van der Waals surface area contributed by atoms with Crippen molar-refractivity contribution in [3.05, 3.63) is 48.0 Å². The van der Waals surface area contributed by atoms with Crippen LogP contribution in [0.5, 0.6) is 0 Å². The number of nitrogens with zero attached hydrogens (tertiary/aromatic N) is 3. The van der Waals surface area contributed by atoms with E-state index in [2.05, 4.69) is 10.1 Å². The van der Waals surface area contributed by atoms with Gasteiger partial charge in [0.25, 0.3) is 0 Å². The van der Waals surface area contributed by atoms with Gasteiger partial charge in [-0.15, -0.1) is 0 Å². The van der Waals surface area contributed by atoms with E-state index in [0.29, 0.717) is 25.3 Å². The second-order valence-electron chi connectivity index (χ2n) is 3.85. The van der Waals surface area contributed by atoms with E-state index in [9.17, 15) is 4.79 Å². The maximum absolute atomic E-state index is 12.1.